The van der Waals surface area contributed by atoms with Crippen molar-refractivity contribution in [2.24, 2.45) is 5.92 Å². The van der Waals surface area contributed by atoms with Crippen LogP contribution in [0.3, 0.4) is 0 Å². The summed E-state index contributed by atoms with van der Waals surface area (Å²) in [5.74, 6) is -0.252. The number of carboxylic acids is 1. The lowest BCUT2D eigenvalue weighted by Gasteiger charge is -2.20. The van der Waals surface area contributed by atoms with Crippen molar-refractivity contribution in [1.82, 2.24) is 5.32 Å². The van der Waals surface area contributed by atoms with Gasteiger partial charge in [-0.3, -0.25) is 4.79 Å². The minimum atomic E-state index is -0.971. The van der Waals surface area contributed by atoms with Gasteiger partial charge in [0.1, 0.15) is 6.04 Å². The summed E-state index contributed by atoms with van der Waals surface area (Å²) >= 11 is 1.49. The average Bonchev–Trinajstić information content (AvgIpc) is 2.45. The second-order valence-electron chi connectivity index (χ2n) is 5.25. The maximum Gasteiger partial charge on any atom is 0.326 e. The summed E-state index contributed by atoms with van der Waals surface area (Å²) in [5.41, 5.74) is 2.37. The van der Waals surface area contributed by atoms with Crippen LogP contribution in [0.5, 0.6) is 0 Å². The molecule has 0 saturated heterocycles. The first-order chi connectivity index (χ1) is 9.93. The monoisotopic (exact) mass is 309 g/mol. The zero-order chi connectivity index (χ0) is 15.8. The van der Waals surface area contributed by atoms with Gasteiger partial charge in [-0.05, 0) is 18.4 Å². The molecule has 1 aromatic carbocycles. The molecule has 1 amide bonds. The molecule has 0 heterocycles. The second kappa shape index (κ2) is 8.72. The molecular formula is C16H23NO3S. The first-order valence-electron chi connectivity index (χ1n) is 7.09. The summed E-state index contributed by atoms with van der Waals surface area (Å²) in [5, 5.41) is 11.7. The molecule has 0 saturated carbocycles. The van der Waals surface area contributed by atoms with Crippen molar-refractivity contribution < 1.29 is 14.7 Å². The zero-order valence-electron chi connectivity index (χ0n) is 12.8. The number of thioether (sulfide) groups is 1. The summed E-state index contributed by atoms with van der Waals surface area (Å²) in [4.78, 5) is 23.0. The molecule has 21 heavy (non-hydrogen) atoms. The predicted octanol–water partition coefficient (Wildman–Crippen LogP) is 2.84. The third kappa shape index (κ3) is 6.21. The molecule has 0 spiro atoms. The highest BCUT2D eigenvalue weighted by atomic mass is 32.2. The van der Waals surface area contributed by atoms with E-state index in [-0.39, 0.29) is 17.6 Å². The molecule has 0 aliphatic carbocycles. The van der Waals surface area contributed by atoms with Crippen LogP contribution in [0.1, 0.15) is 31.4 Å². The molecule has 0 aromatic heterocycles. The SMILES string of the molecule is CCC(C)[C@H](NC(=O)CSCc1ccc(C)cc1)C(=O)O. The second-order valence-corrected chi connectivity index (χ2v) is 6.23. The van der Waals surface area contributed by atoms with E-state index in [1.807, 2.05) is 45.0 Å². The quantitative estimate of drug-likeness (QED) is 0.775. The molecule has 1 rings (SSSR count). The molecule has 116 valence electrons. The molecule has 0 aliphatic rings. The normalized spacial score (nSPS) is 13.5. The fraction of sp³-hybridized carbons (Fsp3) is 0.500. The smallest absolute Gasteiger partial charge is 0.326 e. The molecule has 1 aromatic rings. The lowest BCUT2D eigenvalue weighted by atomic mass is 9.99. The highest BCUT2D eigenvalue weighted by Crippen LogP contribution is 2.13. The van der Waals surface area contributed by atoms with Crippen LogP contribution in [0, 0.1) is 12.8 Å². The minimum absolute atomic E-state index is 0.0754. The maximum absolute atomic E-state index is 11.8. The van der Waals surface area contributed by atoms with Gasteiger partial charge < -0.3 is 10.4 Å². The lowest BCUT2D eigenvalue weighted by Crippen LogP contribution is -2.45. The molecule has 0 fully saturated rings. The van der Waals surface area contributed by atoms with E-state index in [1.54, 1.807) is 0 Å². The van der Waals surface area contributed by atoms with Crippen molar-refractivity contribution in [2.45, 2.75) is 39.0 Å². The summed E-state index contributed by atoms with van der Waals surface area (Å²) in [6.07, 6.45) is 0.716. The van der Waals surface area contributed by atoms with Gasteiger partial charge in [0, 0.05) is 5.75 Å². The lowest BCUT2D eigenvalue weighted by molar-refractivity contribution is -0.143. The van der Waals surface area contributed by atoms with Crippen LogP contribution in [0.2, 0.25) is 0 Å². The highest BCUT2D eigenvalue weighted by molar-refractivity contribution is 7.99. The van der Waals surface area contributed by atoms with Crippen molar-refractivity contribution in [2.75, 3.05) is 5.75 Å². The molecule has 1 unspecified atom stereocenters. The number of rotatable bonds is 8. The Morgan fingerprint density at radius 2 is 1.90 bits per heavy atom. The molecule has 0 radical (unpaired) electrons. The van der Waals surface area contributed by atoms with Gasteiger partial charge in [-0.1, -0.05) is 50.1 Å². The third-order valence-corrected chi connectivity index (χ3v) is 4.42. The van der Waals surface area contributed by atoms with Gasteiger partial charge in [0.15, 0.2) is 0 Å². The topological polar surface area (TPSA) is 66.4 Å². The minimum Gasteiger partial charge on any atom is -0.480 e. The van der Waals surface area contributed by atoms with Crippen LogP contribution < -0.4 is 5.32 Å². The number of hydrogen-bond acceptors (Lipinski definition) is 3. The number of aryl methyl sites for hydroxylation is 1. The largest absolute Gasteiger partial charge is 0.480 e. The van der Waals surface area contributed by atoms with Crippen molar-refractivity contribution in [3.05, 3.63) is 35.4 Å². The van der Waals surface area contributed by atoms with Gasteiger partial charge >= 0.3 is 5.97 Å². The fourth-order valence-corrected chi connectivity index (χ4v) is 2.64. The van der Waals surface area contributed by atoms with Crippen LogP contribution in [-0.4, -0.2) is 28.8 Å². The van der Waals surface area contributed by atoms with Crippen LogP contribution >= 0.6 is 11.8 Å². The molecule has 5 heteroatoms. The van der Waals surface area contributed by atoms with Crippen molar-refractivity contribution in [1.29, 1.82) is 0 Å². The van der Waals surface area contributed by atoms with Gasteiger partial charge in [0.05, 0.1) is 5.75 Å². The van der Waals surface area contributed by atoms with E-state index in [2.05, 4.69) is 5.32 Å². The highest BCUT2D eigenvalue weighted by Gasteiger charge is 2.24. The van der Waals surface area contributed by atoms with Gasteiger partial charge in [-0.25, -0.2) is 4.79 Å². The summed E-state index contributed by atoms with van der Waals surface area (Å²) < 4.78 is 0. The van der Waals surface area contributed by atoms with E-state index in [1.165, 1.54) is 17.3 Å². The Morgan fingerprint density at radius 3 is 2.43 bits per heavy atom. The van der Waals surface area contributed by atoms with E-state index in [0.717, 1.165) is 11.3 Å². The van der Waals surface area contributed by atoms with Crippen molar-refractivity contribution in [3.8, 4) is 0 Å². The number of hydrogen-bond donors (Lipinski definition) is 2. The maximum atomic E-state index is 11.8. The Kier molecular flexibility index (Phi) is 7.29. The molecule has 2 atom stereocenters. The van der Waals surface area contributed by atoms with E-state index in [4.69, 9.17) is 5.11 Å². The Morgan fingerprint density at radius 1 is 1.29 bits per heavy atom. The Hall–Kier alpha value is -1.49. The first kappa shape index (κ1) is 17.6. The van der Waals surface area contributed by atoms with Crippen LogP contribution in [0.15, 0.2) is 24.3 Å². The van der Waals surface area contributed by atoms with Gasteiger partial charge in [-0.2, -0.15) is 0 Å². The Labute approximate surface area is 130 Å². The number of amides is 1. The average molecular weight is 309 g/mol. The molecular weight excluding hydrogens is 286 g/mol. The summed E-state index contributed by atoms with van der Waals surface area (Å²) in [6, 6.07) is 7.36. The summed E-state index contributed by atoms with van der Waals surface area (Å²) in [7, 11) is 0. The fourth-order valence-electron chi connectivity index (χ4n) is 1.84. The molecule has 0 bridgehead atoms. The first-order valence-corrected chi connectivity index (χ1v) is 8.25. The molecule has 2 N–H and O–H groups in total. The van der Waals surface area contributed by atoms with E-state index < -0.39 is 12.0 Å². The Balaban J connectivity index is 2.39. The van der Waals surface area contributed by atoms with Crippen molar-refractivity contribution >= 4 is 23.6 Å². The zero-order valence-corrected chi connectivity index (χ0v) is 13.6. The predicted molar refractivity (Wildman–Crippen MR) is 86.4 cm³/mol. The number of carbonyl (C=O) groups is 2. The third-order valence-electron chi connectivity index (χ3n) is 3.42. The molecule has 0 aliphatic heterocycles. The van der Waals surface area contributed by atoms with E-state index in [0.29, 0.717) is 6.42 Å². The van der Waals surface area contributed by atoms with E-state index >= 15 is 0 Å². The van der Waals surface area contributed by atoms with Crippen LogP contribution in [-0.2, 0) is 15.3 Å². The van der Waals surface area contributed by atoms with Crippen LogP contribution in [0.25, 0.3) is 0 Å². The van der Waals surface area contributed by atoms with Gasteiger partial charge in [0.25, 0.3) is 0 Å². The standard InChI is InChI=1S/C16H23NO3S/c1-4-12(3)15(16(19)20)17-14(18)10-21-9-13-7-5-11(2)6-8-13/h5-8,12,15H,4,9-10H2,1-3H3,(H,17,18)(H,19,20)/t12?,15-/m0/s1. The summed E-state index contributed by atoms with van der Waals surface area (Å²) in [6.45, 7) is 5.78. The van der Waals surface area contributed by atoms with Gasteiger partial charge in [-0.15, -0.1) is 11.8 Å². The number of carboxylic acid groups (broad SMARTS) is 1. The molecule has 4 nitrogen and oxygen atoms in total. The number of carbonyl (C=O) groups excluding carboxylic acids is 1. The number of aliphatic carboxylic acids is 1. The number of benzene rings is 1. The van der Waals surface area contributed by atoms with E-state index in [9.17, 15) is 9.59 Å². The van der Waals surface area contributed by atoms with Crippen molar-refractivity contribution in [3.63, 3.8) is 0 Å². The Bertz CT molecular complexity index is 473. The number of nitrogens with one attached hydrogen (secondary N) is 1. The van der Waals surface area contributed by atoms with Crippen LogP contribution in [0.4, 0.5) is 0 Å². The van der Waals surface area contributed by atoms with Gasteiger partial charge in [0.2, 0.25) is 5.91 Å².